The molecule has 0 radical (unpaired) electrons. The van der Waals surface area contributed by atoms with E-state index in [1.165, 1.54) is 6.92 Å². The van der Waals surface area contributed by atoms with Gasteiger partial charge < -0.3 is 4.74 Å². The van der Waals surface area contributed by atoms with Gasteiger partial charge in [0.15, 0.2) is 17.4 Å². The van der Waals surface area contributed by atoms with E-state index in [4.69, 9.17) is 4.74 Å². The Hall–Kier alpha value is -1.50. The summed E-state index contributed by atoms with van der Waals surface area (Å²) in [5.41, 5.74) is -0.129. The Morgan fingerprint density at radius 1 is 1.26 bits per heavy atom. The van der Waals surface area contributed by atoms with Crippen molar-refractivity contribution in [2.45, 2.75) is 13.3 Å². The second-order valence-electron chi connectivity index (χ2n) is 3.87. The number of halogens is 2. The average molecular weight is 292 g/mol. The van der Waals surface area contributed by atoms with Gasteiger partial charge in [-0.2, -0.15) is 0 Å². The number of ether oxygens (including phenoxy) is 1. The lowest BCUT2D eigenvalue weighted by atomic mass is 10.2. The average Bonchev–Trinajstić information content (AvgIpc) is 2.36. The van der Waals surface area contributed by atoms with Crippen molar-refractivity contribution in [3.8, 4) is 5.75 Å². The maximum atomic E-state index is 13.4. The van der Waals surface area contributed by atoms with Gasteiger partial charge in [0.05, 0.1) is 12.4 Å². The van der Waals surface area contributed by atoms with E-state index in [0.717, 1.165) is 12.1 Å². The van der Waals surface area contributed by atoms with Crippen molar-refractivity contribution in [3.05, 3.63) is 29.3 Å². The van der Waals surface area contributed by atoms with Crippen molar-refractivity contribution in [1.29, 1.82) is 0 Å². The molecule has 0 aliphatic heterocycles. The fourth-order valence-electron chi connectivity index (χ4n) is 1.38. The Bertz CT molecular complexity index is 532. The van der Waals surface area contributed by atoms with Gasteiger partial charge in [-0.3, -0.25) is 4.79 Å². The normalized spacial score (nSPS) is 11.3. The molecular weight excluding hydrogens is 278 g/mol. The Morgan fingerprint density at radius 3 is 2.32 bits per heavy atom. The molecule has 19 heavy (non-hydrogen) atoms. The fraction of sp³-hybridized carbons (Fsp3) is 0.417. The van der Waals surface area contributed by atoms with Gasteiger partial charge in [0.1, 0.15) is 16.1 Å². The maximum Gasteiger partial charge on any atom is 0.190 e. The number of aldehydes is 1. The molecule has 0 aromatic heterocycles. The van der Waals surface area contributed by atoms with Crippen LogP contribution in [-0.4, -0.2) is 32.8 Å². The maximum absolute atomic E-state index is 13.4. The largest absolute Gasteiger partial charge is 0.488 e. The molecule has 0 aliphatic rings. The van der Waals surface area contributed by atoms with E-state index < -0.39 is 27.2 Å². The summed E-state index contributed by atoms with van der Waals surface area (Å²) in [6.07, 6.45) is 0.467. The van der Waals surface area contributed by atoms with Crippen LogP contribution in [0.15, 0.2) is 12.1 Å². The molecule has 1 aromatic carbocycles. The number of rotatable bonds is 7. The van der Waals surface area contributed by atoms with Crippen LogP contribution in [0.4, 0.5) is 8.78 Å². The molecule has 0 unspecified atom stereocenters. The Kier molecular flexibility index (Phi) is 5.41. The highest BCUT2D eigenvalue weighted by molar-refractivity contribution is 7.91. The SMILES string of the molecule is CCS(=O)(=O)CCCOc1c(F)cc(C=O)cc1F. The fourth-order valence-corrected chi connectivity index (χ4v) is 2.23. The zero-order valence-electron chi connectivity index (χ0n) is 10.4. The van der Waals surface area contributed by atoms with Gasteiger partial charge >= 0.3 is 0 Å². The zero-order chi connectivity index (χ0) is 14.5. The summed E-state index contributed by atoms with van der Waals surface area (Å²) in [4.78, 5) is 10.4. The van der Waals surface area contributed by atoms with Gasteiger partial charge in [-0.25, -0.2) is 17.2 Å². The minimum absolute atomic E-state index is 0.0176. The number of carbonyl (C=O) groups is 1. The molecule has 0 amide bonds. The quantitative estimate of drug-likeness (QED) is 0.569. The van der Waals surface area contributed by atoms with Gasteiger partial charge in [0.25, 0.3) is 0 Å². The summed E-state index contributed by atoms with van der Waals surface area (Å²) < 4.78 is 54.0. The molecule has 7 heteroatoms. The molecule has 0 bridgehead atoms. The Labute approximate surface area is 110 Å². The van der Waals surface area contributed by atoms with Crippen LogP contribution in [0.1, 0.15) is 23.7 Å². The van der Waals surface area contributed by atoms with Crippen molar-refractivity contribution >= 4 is 16.1 Å². The second-order valence-corrected chi connectivity index (χ2v) is 6.34. The highest BCUT2D eigenvalue weighted by atomic mass is 32.2. The molecule has 0 saturated heterocycles. The summed E-state index contributed by atoms with van der Waals surface area (Å²) in [7, 11) is -3.12. The van der Waals surface area contributed by atoms with E-state index in [1.54, 1.807) is 0 Å². The van der Waals surface area contributed by atoms with E-state index in [0.29, 0.717) is 6.29 Å². The van der Waals surface area contributed by atoms with Crippen LogP contribution in [0.2, 0.25) is 0 Å². The monoisotopic (exact) mass is 292 g/mol. The highest BCUT2D eigenvalue weighted by Crippen LogP contribution is 2.22. The molecule has 1 aromatic rings. The highest BCUT2D eigenvalue weighted by Gasteiger charge is 2.13. The van der Waals surface area contributed by atoms with E-state index in [1.807, 2.05) is 0 Å². The third-order valence-corrected chi connectivity index (χ3v) is 4.23. The van der Waals surface area contributed by atoms with Crippen LogP contribution in [0, 0.1) is 11.6 Å². The first kappa shape index (κ1) is 15.6. The first-order chi connectivity index (χ1) is 8.89. The summed E-state index contributed by atoms with van der Waals surface area (Å²) >= 11 is 0. The molecule has 1 rings (SSSR count). The lowest BCUT2D eigenvalue weighted by molar-refractivity contribution is 0.112. The third-order valence-electron chi connectivity index (χ3n) is 2.44. The van der Waals surface area contributed by atoms with Gasteiger partial charge in [-0.05, 0) is 18.6 Å². The van der Waals surface area contributed by atoms with Crippen molar-refractivity contribution in [1.82, 2.24) is 0 Å². The molecule has 0 atom stereocenters. The number of benzene rings is 1. The number of hydrogen-bond donors (Lipinski definition) is 0. The van der Waals surface area contributed by atoms with E-state index in [9.17, 15) is 22.0 Å². The van der Waals surface area contributed by atoms with Gasteiger partial charge in [0.2, 0.25) is 0 Å². The summed E-state index contributed by atoms with van der Waals surface area (Å²) in [6.45, 7) is 1.40. The van der Waals surface area contributed by atoms with Crippen LogP contribution in [0.5, 0.6) is 5.75 Å². The molecule has 0 aliphatic carbocycles. The number of carbonyl (C=O) groups excluding carboxylic acids is 1. The minimum Gasteiger partial charge on any atom is -0.488 e. The molecule has 0 N–H and O–H groups in total. The molecule has 0 fully saturated rings. The van der Waals surface area contributed by atoms with Crippen LogP contribution in [0.3, 0.4) is 0 Å². The van der Waals surface area contributed by atoms with E-state index in [-0.39, 0.29) is 30.1 Å². The first-order valence-electron chi connectivity index (χ1n) is 5.67. The predicted octanol–water partition coefficient (Wildman–Crippen LogP) is 1.98. The lowest BCUT2D eigenvalue weighted by Crippen LogP contribution is -2.12. The molecule has 106 valence electrons. The topological polar surface area (TPSA) is 60.4 Å². The lowest BCUT2D eigenvalue weighted by Gasteiger charge is -2.08. The Morgan fingerprint density at radius 2 is 1.84 bits per heavy atom. The number of hydrogen-bond acceptors (Lipinski definition) is 4. The Balaban J connectivity index is 2.62. The smallest absolute Gasteiger partial charge is 0.190 e. The predicted molar refractivity (Wildman–Crippen MR) is 66.2 cm³/mol. The summed E-state index contributed by atoms with van der Waals surface area (Å²) in [5, 5.41) is 0. The van der Waals surface area contributed by atoms with Gasteiger partial charge in [0, 0.05) is 11.3 Å². The van der Waals surface area contributed by atoms with Gasteiger partial charge in [-0.15, -0.1) is 0 Å². The molecular formula is C12H14F2O4S. The zero-order valence-corrected chi connectivity index (χ0v) is 11.2. The minimum atomic E-state index is -3.12. The van der Waals surface area contributed by atoms with Crippen LogP contribution in [-0.2, 0) is 9.84 Å². The van der Waals surface area contributed by atoms with Crippen LogP contribution >= 0.6 is 0 Å². The van der Waals surface area contributed by atoms with Crippen LogP contribution in [0.25, 0.3) is 0 Å². The number of sulfone groups is 1. The van der Waals surface area contributed by atoms with E-state index >= 15 is 0 Å². The molecule has 0 saturated carbocycles. The summed E-state index contributed by atoms with van der Waals surface area (Å²) in [5.74, 6) is -2.65. The van der Waals surface area contributed by atoms with E-state index in [2.05, 4.69) is 0 Å². The molecule has 4 nitrogen and oxygen atoms in total. The van der Waals surface area contributed by atoms with Crippen molar-refractivity contribution in [2.24, 2.45) is 0 Å². The van der Waals surface area contributed by atoms with Gasteiger partial charge in [-0.1, -0.05) is 6.92 Å². The third kappa shape index (κ3) is 4.59. The van der Waals surface area contributed by atoms with Crippen molar-refractivity contribution in [2.75, 3.05) is 18.1 Å². The van der Waals surface area contributed by atoms with Crippen molar-refractivity contribution in [3.63, 3.8) is 0 Å². The van der Waals surface area contributed by atoms with Crippen LogP contribution < -0.4 is 4.74 Å². The second kappa shape index (κ2) is 6.60. The summed E-state index contributed by atoms with van der Waals surface area (Å²) in [6, 6.07) is 1.71. The molecule has 0 heterocycles. The van der Waals surface area contributed by atoms with Crippen molar-refractivity contribution < 1.29 is 26.7 Å². The first-order valence-corrected chi connectivity index (χ1v) is 7.49. The molecule has 0 spiro atoms. The standard InChI is InChI=1S/C12H14F2O4S/c1-2-19(16,17)5-3-4-18-12-10(13)6-9(8-15)7-11(12)14/h6-8H,2-5H2,1H3.